The molecule has 1 aliphatic carbocycles. The van der Waals surface area contributed by atoms with Crippen LogP contribution in [-0.4, -0.2) is 11.4 Å². The molecule has 0 unspecified atom stereocenters. The summed E-state index contributed by atoms with van der Waals surface area (Å²) in [7, 11) is 0. The fraction of sp³-hybridized carbons (Fsp3) is 0. The van der Waals surface area contributed by atoms with E-state index in [1.54, 1.807) is 0 Å². The van der Waals surface area contributed by atoms with Crippen LogP contribution in [0.1, 0.15) is 11.1 Å². The molecule has 0 bridgehead atoms. The maximum Gasteiger partial charge on any atom is 0.135 e. The quantitative estimate of drug-likeness (QED) is 0.180. The second-order valence-electron chi connectivity index (χ2n) is 12.1. The predicted octanol–water partition coefficient (Wildman–Crippen LogP) is 11.7. The molecule has 8 aromatic rings. The molecule has 0 spiro atoms. The summed E-state index contributed by atoms with van der Waals surface area (Å²) in [5.41, 5.74) is 14.2. The molecule has 49 heavy (non-hydrogen) atoms. The number of anilines is 4. The molecule has 0 saturated carbocycles. The summed E-state index contributed by atoms with van der Waals surface area (Å²) < 4.78 is 6.13. The van der Waals surface area contributed by atoms with Gasteiger partial charge in [-0.2, -0.15) is 5.10 Å². The lowest BCUT2D eigenvalue weighted by Gasteiger charge is -2.25. The molecule has 5 heteroatoms. The molecule has 0 saturated heterocycles. The topological polar surface area (TPSA) is 64.6 Å². The number of rotatable bonds is 6. The summed E-state index contributed by atoms with van der Waals surface area (Å²) in [6.07, 6.45) is 3.81. The lowest BCUT2D eigenvalue weighted by molar-refractivity contribution is 0.669. The lowest BCUT2D eigenvalue weighted by Crippen LogP contribution is -2.19. The number of para-hydroxylation sites is 3. The number of furan rings is 1. The van der Waals surface area contributed by atoms with E-state index in [4.69, 9.17) is 14.9 Å². The molecule has 0 atom stereocenters. The number of benzene rings is 7. The van der Waals surface area contributed by atoms with Gasteiger partial charge in [0.25, 0.3) is 0 Å². The van der Waals surface area contributed by atoms with Crippen LogP contribution in [0.4, 0.5) is 22.7 Å². The highest BCUT2D eigenvalue weighted by Crippen LogP contribution is 2.39. The molecule has 0 amide bonds. The summed E-state index contributed by atoms with van der Waals surface area (Å²) in [6, 6.07) is 54.4. The average Bonchev–Trinajstić information content (AvgIpc) is 3.53. The van der Waals surface area contributed by atoms with Gasteiger partial charge in [-0.05, 0) is 100 Å². The molecular formula is C44H30N4O. The molecule has 1 aliphatic rings. The van der Waals surface area contributed by atoms with Crippen LogP contribution < -0.4 is 10.3 Å². The van der Waals surface area contributed by atoms with Crippen molar-refractivity contribution in [3.63, 3.8) is 0 Å². The van der Waals surface area contributed by atoms with Gasteiger partial charge in [0.1, 0.15) is 16.9 Å². The fourth-order valence-electron chi connectivity index (χ4n) is 6.74. The summed E-state index contributed by atoms with van der Waals surface area (Å²) in [5.74, 6) is 0. The van der Waals surface area contributed by atoms with Crippen LogP contribution in [0.2, 0.25) is 0 Å². The maximum atomic E-state index is 8.75. The van der Waals surface area contributed by atoms with Crippen molar-refractivity contribution in [3.05, 3.63) is 175 Å². The van der Waals surface area contributed by atoms with E-state index < -0.39 is 0 Å². The Kier molecular flexibility index (Phi) is 6.87. The van der Waals surface area contributed by atoms with Gasteiger partial charge >= 0.3 is 0 Å². The normalized spacial score (nSPS) is 13.3. The van der Waals surface area contributed by atoms with E-state index in [1.807, 2.05) is 60.7 Å². The van der Waals surface area contributed by atoms with Crippen molar-refractivity contribution in [2.45, 2.75) is 0 Å². The molecule has 0 aliphatic heterocycles. The molecule has 9 rings (SSSR count). The van der Waals surface area contributed by atoms with Crippen LogP contribution in [0.15, 0.2) is 173 Å². The third-order valence-corrected chi connectivity index (χ3v) is 9.14. The Morgan fingerprint density at radius 2 is 1.20 bits per heavy atom. The Morgan fingerprint density at radius 1 is 0.531 bits per heavy atom. The SMILES string of the molecule is N=C1C=Cc2ccc3ccc(-c4ccc(N(c5ccccc5)c5ccc6oc7ccccc7c6c5)cc4)cc3c2/C1=N/Nc1ccccc1. The van der Waals surface area contributed by atoms with Crippen LogP contribution in [0.5, 0.6) is 0 Å². The third kappa shape index (κ3) is 5.14. The van der Waals surface area contributed by atoms with Gasteiger partial charge in [0.15, 0.2) is 0 Å². The predicted molar refractivity (Wildman–Crippen MR) is 205 cm³/mol. The smallest absolute Gasteiger partial charge is 0.135 e. The first-order valence-electron chi connectivity index (χ1n) is 16.3. The second kappa shape index (κ2) is 11.8. The standard InChI is InChI=1S/C44H30N4O/c45-40-25-21-31-17-15-30-16-18-32(27-38(30)43(31)44(40)47-46-33-9-3-1-4-10-33)29-19-22-35(23-20-29)48(34-11-5-2-6-12-34)36-24-26-42-39(28-36)37-13-7-8-14-41(37)49-42/h1-28,45-46H/b45-40?,47-44+. The molecule has 0 fully saturated rings. The molecule has 1 aromatic heterocycles. The van der Waals surface area contributed by atoms with E-state index in [9.17, 15) is 0 Å². The van der Waals surface area contributed by atoms with Crippen LogP contribution in [-0.2, 0) is 0 Å². The Hall–Kier alpha value is -6.72. The van der Waals surface area contributed by atoms with E-state index in [2.05, 4.69) is 120 Å². The van der Waals surface area contributed by atoms with Gasteiger partial charge in [-0.3, -0.25) is 10.8 Å². The van der Waals surface area contributed by atoms with Crippen LogP contribution in [0.25, 0.3) is 49.9 Å². The Labute approximate surface area is 283 Å². The zero-order chi connectivity index (χ0) is 32.7. The second-order valence-corrected chi connectivity index (χ2v) is 12.1. The number of hydrogen-bond donors (Lipinski definition) is 2. The number of fused-ring (bicyclic) bond motifs is 6. The van der Waals surface area contributed by atoms with E-state index in [1.165, 1.54) is 0 Å². The van der Waals surface area contributed by atoms with Crippen LogP contribution in [0, 0.1) is 5.41 Å². The number of nitrogens with one attached hydrogen (secondary N) is 2. The minimum Gasteiger partial charge on any atom is -0.456 e. The van der Waals surface area contributed by atoms with Crippen molar-refractivity contribution in [1.29, 1.82) is 5.41 Å². The molecule has 0 radical (unpaired) electrons. The third-order valence-electron chi connectivity index (χ3n) is 9.14. The molecule has 2 N–H and O–H groups in total. The van der Waals surface area contributed by atoms with Crippen LogP contribution in [0.3, 0.4) is 0 Å². The van der Waals surface area contributed by atoms with Crippen molar-refractivity contribution < 1.29 is 4.42 Å². The van der Waals surface area contributed by atoms with Gasteiger partial charge in [0.2, 0.25) is 0 Å². The summed E-state index contributed by atoms with van der Waals surface area (Å²) in [6.45, 7) is 0. The first kappa shape index (κ1) is 28.5. The largest absolute Gasteiger partial charge is 0.456 e. The van der Waals surface area contributed by atoms with Gasteiger partial charge in [0, 0.05) is 33.4 Å². The Morgan fingerprint density at radius 3 is 2.04 bits per heavy atom. The number of nitrogens with zero attached hydrogens (tertiary/aromatic N) is 2. The number of allylic oxidation sites excluding steroid dienone is 1. The average molecular weight is 631 g/mol. The van der Waals surface area contributed by atoms with E-state index in [-0.39, 0.29) is 0 Å². The first-order chi connectivity index (χ1) is 24.2. The monoisotopic (exact) mass is 630 g/mol. The van der Waals surface area contributed by atoms with E-state index in [0.717, 1.165) is 77.7 Å². The molecule has 7 aromatic carbocycles. The van der Waals surface area contributed by atoms with Crippen molar-refractivity contribution in [2.75, 3.05) is 10.3 Å². The van der Waals surface area contributed by atoms with E-state index in [0.29, 0.717) is 11.4 Å². The highest BCUT2D eigenvalue weighted by Gasteiger charge is 2.21. The lowest BCUT2D eigenvalue weighted by atomic mass is 9.88. The Balaban J connectivity index is 1.11. The Bertz CT molecular complexity index is 2580. The summed E-state index contributed by atoms with van der Waals surface area (Å²) >= 11 is 0. The van der Waals surface area contributed by atoms with Crippen molar-refractivity contribution in [2.24, 2.45) is 5.10 Å². The van der Waals surface area contributed by atoms with Gasteiger partial charge < -0.3 is 9.32 Å². The highest BCUT2D eigenvalue weighted by molar-refractivity contribution is 6.55. The summed E-state index contributed by atoms with van der Waals surface area (Å²) in [5, 5.41) is 17.8. The molecule has 232 valence electrons. The van der Waals surface area contributed by atoms with Gasteiger partial charge in [-0.25, -0.2) is 0 Å². The molecule has 5 nitrogen and oxygen atoms in total. The van der Waals surface area contributed by atoms with Gasteiger partial charge in [-0.15, -0.1) is 0 Å². The van der Waals surface area contributed by atoms with Gasteiger partial charge in [0.05, 0.1) is 11.4 Å². The zero-order valence-electron chi connectivity index (χ0n) is 26.5. The zero-order valence-corrected chi connectivity index (χ0v) is 26.5. The van der Waals surface area contributed by atoms with E-state index >= 15 is 0 Å². The van der Waals surface area contributed by atoms with Crippen molar-refractivity contribution in [3.8, 4) is 11.1 Å². The highest BCUT2D eigenvalue weighted by atomic mass is 16.3. The fourth-order valence-corrected chi connectivity index (χ4v) is 6.74. The van der Waals surface area contributed by atoms with Gasteiger partial charge in [-0.1, -0.05) is 97.1 Å². The summed E-state index contributed by atoms with van der Waals surface area (Å²) in [4.78, 5) is 2.28. The molecule has 1 heterocycles. The first-order valence-corrected chi connectivity index (χ1v) is 16.3. The van der Waals surface area contributed by atoms with Crippen molar-refractivity contribution in [1.82, 2.24) is 0 Å². The van der Waals surface area contributed by atoms with Crippen LogP contribution >= 0.6 is 0 Å². The minimum atomic E-state index is 0.376. The number of hydrogen-bond acceptors (Lipinski definition) is 5. The molecular weight excluding hydrogens is 601 g/mol. The maximum absolute atomic E-state index is 8.75. The van der Waals surface area contributed by atoms with Crippen molar-refractivity contribution >= 4 is 73.0 Å². The number of hydrazone groups is 1. The minimum absolute atomic E-state index is 0.376.